The van der Waals surface area contributed by atoms with Gasteiger partial charge in [-0.05, 0) is 30.7 Å². The summed E-state index contributed by atoms with van der Waals surface area (Å²) in [7, 11) is 1.70. The molecule has 2 atom stereocenters. The van der Waals surface area contributed by atoms with E-state index in [9.17, 15) is 0 Å². The molecular weight excluding hydrogens is 254 g/mol. The van der Waals surface area contributed by atoms with Crippen molar-refractivity contribution in [2.45, 2.75) is 26.0 Å². The zero-order chi connectivity index (χ0) is 14.2. The summed E-state index contributed by atoms with van der Waals surface area (Å²) in [4.78, 5) is 0. The lowest BCUT2D eigenvalue weighted by atomic mass is 10.00. The molecule has 1 heterocycles. The fourth-order valence-electron chi connectivity index (χ4n) is 2.57. The monoisotopic (exact) mass is 279 g/mol. The van der Waals surface area contributed by atoms with Gasteiger partial charge in [0, 0.05) is 25.7 Å². The molecule has 1 aliphatic heterocycles. The highest BCUT2D eigenvalue weighted by molar-refractivity contribution is 5.28. The number of likely N-dealkylation sites (N-methyl/N-ethyl adjacent to an activating group) is 1. The summed E-state index contributed by atoms with van der Waals surface area (Å²) in [6.45, 7) is 6.08. The van der Waals surface area contributed by atoms with Crippen molar-refractivity contribution in [2.24, 2.45) is 5.92 Å². The summed E-state index contributed by atoms with van der Waals surface area (Å²) in [5, 5.41) is 3.50. The average molecular weight is 279 g/mol. The molecule has 1 aromatic carbocycles. The number of benzene rings is 1. The topological polar surface area (TPSA) is 39.7 Å². The van der Waals surface area contributed by atoms with E-state index in [0.29, 0.717) is 25.2 Å². The van der Waals surface area contributed by atoms with E-state index < -0.39 is 0 Å². The van der Waals surface area contributed by atoms with Crippen LogP contribution < -0.4 is 10.1 Å². The van der Waals surface area contributed by atoms with Crippen LogP contribution in [-0.2, 0) is 16.1 Å². The van der Waals surface area contributed by atoms with Gasteiger partial charge in [0.05, 0.1) is 13.2 Å². The van der Waals surface area contributed by atoms with Crippen LogP contribution in [0, 0.1) is 5.92 Å². The lowest BCUT2D eigenvalue weighted by molar-refractivity contribution is 0.160. The smallest absolute Gasteiger partial charge is 0.119 e. The third-order valence-corrected chi connectivity index (χ3v) is 3.64. The molecule has 2 unspecified atom stereocenters. The molecule has 1 aromatic rings. The first kappa shape index (κ1) is 15.3. The number of nitrogens with one attached hydrogen (secondary N) is 1. The van der Waals surface area contributed by atoms with Crippen molar-refractivity contribution in [1.29, 1.82) is 0 Å². The molecule has 1 aliphatic rings. The summed E-state index contributed by atoms with van der Waals surface area (Å²) in [6, 6.07) is 8.44. The van der Waals surface area contributed by atoms with Crippen LogP contribution in [0.25, 0.3) is 0 Å². The minimum Gasteiger partial charge on any atom is -0.492 e. The normalized spacial score (nSPS) is 20.0. The van der Waals surface area contributed by atoms with Crippen molar-refractivity contribution >= 4 is 0 Å². The quantitative estimate of drug-likeness (QED) is 0.792. The zero-order valence-corrected chi connectivity index (χ0v) is 12.4. The van der Waals surface area contributed by atoms with Crippen LogP contribution in [0.3, 0.4) is 0 Å². The van der Waals surface area contributed by atoms with Gasteiger partial charge < -0.3 is 19.5 Å². The second kappa shape index (κ2) is 8.25. The molecule has 0 bridgehead atoms. The molecule has 0 amide bonds. The van der Waals surface area contributed by atoms with E-state index in [-0.39, 0.29) is 0 Å². The van der Waals surface area contributed by atoms with E-state index in [1.807, 2.05) is 24.3 Å². The van der Waals surface area contributed by atoms with Crippen molar-refractivity contribution < 1.29 is 14.2 Å². The predicted molar refractivity (Wildman–Crippen MR) is 79.0 cm³/mol. The fraction of sp³-hybridized carbons (Fsp3) is 0.625. The SMILES string of the molecule is CCNC(COc1cccc(COC)c1)C1CCOC1. The van der Waals surface area contributed by atoms with Crippen LogP contribution in [-0.4, -0.2) is 39.5 Å². The van der Waals surface area contributed by atoms with Crippen LogP contribution in [0.15, 0.2) is 24.3 Å². The Hall–Kier alpha value is -1.10. The third-order valence-electron chi connectivity index (χ3n) is 3.64. The van der Waals surface area contributed by atoms with Gasteiger partial charge in [0.15, 0.2) is 0 Å². The van der Waals surface area contributed by atoms with Crippen molar-refractivity contribution in [3.8, 4) is 5.75 Å². The number of hydrogen-bond acceptors (Lipinski definition) is 4. The van der Waals surface area contributed by atoms with Gasteiger partial charge in [-0.25, -0.2) is 0 Å². The highest BCUT2D eigenvalue weighted by Gasteiger charge is 2.25. The van der Waals surface area contributed by atoms with E-state index in [1.54, 1.807) is 7.11 Å². The Morgan fingerprint density at radius 1 is 1.45 bits per heavy atom. The lowest BCUT2D eigenvalue weighted by Crippen LogP contribution is -2.41. The Morgan fingerprint density at radius 2 is 2.35 bits per heavy atom. The maximum Gasteiger partial charge on any atom is 0.119 e. The first-order chi connectivity index (χ1) is 9.83. The van der Waals surface area contributed by atoms with Crippen molar-refractivity contribution in [3.05, 3.63) is 29.8 Å². The minimum atomic E-state index is 0.355. The Kier molecular flexibility index (Phi) is 6.30. The van der Waals surface area contributed by atoms with Crippen LogP contribution in [0.2, 0.25) is 0 Å². The lowest BCUT2D eigenvalue weighted by Gasteiger charge is -2.23. The molecule has 2 rings (SSSR count). The number of ether oxygens (including phenoxy) is 3. The number of hydrogen-bond donors (Lipinski definition) is 1. The summed E-state index contributed by atoms with van der Waals surface area (Å²) < 4.78 is 16.6. The summed E-state index contributed by atoms with van der Waals surface area (Å²) in [6.07, 6.45) is 1.12. The van der Waals surface area contributed by atoms with Crippen molar-refractivity contribution in [2.75, 3.05) is 33.5 Å². The standard InChI is InChI=1S/C16H25NO3/c1-3-17-16(14-7-8-19-11-14)12-20-15-6-4-5-13(9-15)10-18-2/h4-6,9,14,16-17H,3,7-8,10-12H2,1-2H3. The Balaban J connectivity index is 1.89. The molecule has 1 fully saturated rings. The average Bonchev–Trinajstić information content (AvgIpc) is 2.98. The molecule has 0 aliphatic carbocycles. The number of rotatable bonds is 8. The van der Waals surface area contributed by atoms with E-state index in [1.165, 1.54) is 0 Å². The Labute approximate surface area is 121 Å². The van der Waals surface area contributed by atoms with Gasteiger partial charge in [0.2, 0.25) is 0 Å². The maximum absolute atomic E-state index is 5.95. The fourth-order valence-corrected chi connectivity index (χ4v) is 2.57. The Morgan fingerprint density at radius 3 is 3.05 bits per heavy atom. The highest BCUT2D eigenvalue weighted by Crippen LogP contribution is 2.19. The molecule has 0 spiro atoms. The first-order valence-corrected chi connectivity index (χ1v) is 7.35. The third kappa shape index (κ3) is 4.47. The maximum atomic E-state index is 5.95. The molecule has 4 nitrogen and oxygen atoms in total. The zero-order valence-electron chi connectivity index (χ0n) is 12.4. The van der Waals surface area contributed by atoms with Gasteiger partial charge in [-0.15, -0.1) is 0 Å². The largest absolute Gasteiger partial charge is 0.492 e. The first-order valence-electron chi connectivity index (χ1n) is 7.35. The summed E-state index contributed by atoms with van der Waals surface area (Å²) >= 11 is 0. The van der Waals surface area contributed by atoms with Crippen LogP contribution >= 0.6 is 0 Å². The number of methoxy groups -OCH3 is 1. The van der Waals surface area contributed by atoms with Crippen LogP contribution in [0.4, 0.5) is 0 Å². The molecular formula is C16H25NO3. The minimum absolute atomic E-state index is 0.355. The van der Waals surface area contributed by atoms with Gasteiger partial charge in [-0.2, -0.15) is 0 Å². The molecule has 0 saturated carbocycles. The summed E-state index contributed by atoms with van der Waals surface area (Å²) in [5.41, 5.74) is 1.13. The Bertz CT molecular complexity index is 391. The second-order valence-electron chi connectivity index (χ2n) is 5.18. The van der Waals surface area contributed by atoms with Crippen LogP contribution in [0.5, 0.6) is 5.75 Å². The molecule has 0 radical (unpaired) electrons. The highest BCUT2D eigenvalue weighted by atomic mass is 16.5. The van der Waals surface area contributed by atoms with E-state index in [4.69, 9.17) is 14.2 Å². The molecule has 1 N–H and O–H groups in total. The second-order valence-corrected chi connectivity index (χ2v) is 5.18. The molecule has 4 heteroatoms. The van der Waals surface area contributed by atoms with E-state index in [0.717, 1.165) is 37.5 Å². The molecule has 1 saturated heterocycles. The molecule has 0 aromatic heterocycles. The molecule has 112 valence electrons. The van der Waals surface area contributed by atoms with Gasteiger partial charge in [-0.3, -0.25) is 0 Å². The van der Waals surface area contributed by atoms with Crippen molar-refractivity contribution in [1.82, 2.24) is 5.32 Å². The summed E-state index contributed by atoms with van der Waals surface area (Å²) in [5.74, 6) is 1.46. The van der Waals surface area contributed by atoms with Gasteiger partial charge >= 0.3 is 0 Å². The van der Waals surface area contributed by atoms with E-state index in [2.05, 4.69) is 12.2 Å². The van der Waals surface area contributed by atoms with Crippen molar-refractivity contribution in [3.63, 3.8) is 0 Å². The van der Waals surface area contributed by atoms with Gasteiger partial charge in [0.1, 0.15) is 12.4 Å². The van der Waals surface area contributed by atoms with Crippen LogP contribution in [0.1, 0.15) is 18.9 Å². The molecule has 20 heavy (non-hydrogen) atoms. The van der Waals surface area contributed by atoms with E-state index >= 15 is 0 Å². The predicted octanol–water partition coefficient (Wildman–Crippen LogP) is 2.23. The van der Waals surface area contributed by atoms with Gasteiger partial charge in [0.25, 0.3) is 0 Å². The van der Waals surface area contributed by atoms with Gasteiger partial charge in [-0.1, -0.05) is 19.1 Å².